The fourth-order valence-corrected chi connectivity index (χ4v) is 0.905. The molecule has 0 rings (SSSR count). The molecule has 1 unspecified atom stereocenters. The summed E-state index contributed by atoms with van der Waals surface area (Å²) in [5.41, 5.74) is 5.39. The molecule has 0 aliphatic carbocycles. The Morgan fingerprint density at radius 2 is 2.23 bits per heavy atom. The van der Waals surface area contributed by atoms with Crippen molar-refractivity contribution >= 4 is 5.84 Å². The zero-order valence-corrected chi connectivity index (χ0v) is 8.62. The maximum atomic E-state index is 8.36. The highest BCUT2D eigenvalue weighted by molar-refractivity contribution is 5.84. The van der Waals surface area contributed by atoms with Crippen LogP contribution in [0, 0.1) is 0 Å². The van der Waals surface area contributed by atoms with Crippen LogP contribution in [0.25, 0.3) is 0 Å². The van der Waals surface area contributed by atoms with Gasteiger partial charge in [-0.05, 0) is 40.5 Å². The van der Waals surface area contributed by atoms with E-state index in [0.717, 1.165) is 19.5 Å². The SMILES string of the molecule is CC(NCCCN(C)C)C(N)=NO. The van der Waals surface area contributed by atoms with Crippen LogP contribution in [-0.2, 0) is 0 Å². The van der Waals surface area contributed by atoms with E-state index in [-0.39, 0.29) is 11.9 Å². The summed E-state index contributed by atoms with van der Waals surface area (Å²) < 4.78 is 0. The Balaban J connectivity index is 3.43. The minimum absolute atomic E-state index is 0.0628. The highest BCUT2D eigenvalue weighted by atomic mass is 16.4. The molecule has 0 aliphatic heterocycles. The second-order valence-electron chi connectivity index (χ2n) is 3.36. The maximum absolute atomic E-state index is 8.36. The first-order valence-electron chi connectivity index (χ1n) is 4.43. The van der Waals surface area contributed by atoms with Crippen LogP contribution in [0.15, 0.2) is 5.16 Å². The summed E-state index contributed by atoms with van der Waals surface area (Å²) in [6.07, 6.45) is 1.05. The molecule has 0 aromatic heterocycles. The summed E-state index contributed by atoms with van der Waals surface area (Å²) in [6.45, 7) is 3.77. The lowest BCUT2D eigenvalue weighted by atomic mass is 10.3. The van der Waals surface area contributed by atoms with Gasteiger partial charge in [0.25, 0.3) is 0 Å². The molecule has 0 aromatic carbocycles. The molecule has 0 fully saturated rings. The van der Waals surface area contributed by atoms with Crippen LogP contribution in [-0.4, -0.2) is 49.2 Å². The fraction of sp³-hybridized carbons (Fsp3) is 0.875. The number of nitrogens with two attached hydrogens (primary N) is 1. The smallest absolute Gasteiger partial charge is 0.156 e. The third kappa shape index (κ3) is 6.36. The van der Waals surface area contributed by atoms with Crippen LogP contribution in [0.5, 0.6) is 0 Å². The van der Waals surface area contributed by atoms with Crippen molar-refractivity contribution in [2.75, 3.05) is 27.2 Å². The van der Waals surface area contributed by atoms with Gasteiger partial charge in [0.2, 0.25) is 0 Å². The van der Waals surface area contributed by atoms with E-state index in [4.69, 9.17) is 10.9 Å². The lowest BCUT2D eigenvalue weighted by Gasteiger charge is -2.13. The van der Waals surface area contributed by atoms with Gasteiger partial charge in [0.05, 0.1) is 6.04 Å². The van der Waals surface area contributed by atoms with E-state index in [1.807, 2.05) is 21.0 Å². The number of rotatable bonds is 6. The number of hydrogen-bond acceptors (Lipinski definition) is 4. The van der Waals surface area contributed by atoms with Gasteiger partial charge in [-0.3, -0.25) is 0 Å². The molecule has 0 aromatic rings. The van der Waals surface area contributed by atoms with Crippen LogP contribution >= 0.6 is 0 Å². The molecule has 0 radical (unpaired) electrons. The minimum Gasteiger partial charge on any atom is -0.409 e. The predicted molar refractivity (Wildman–Crippen MR) is 54.0 cm³/mol. The normalized spacial score (nSPS) is 14.9. The molecule has 1 atom stereocenters. The Kier molecular flexibility index (Phi) is 6.26. The number of amidine groups is 1. The second kappa shape index (κ2) is 6.68. The summed E-state index contributed by atoms with van der Waals surface area (Å²) in [5.74, 6) is 0.227. The molecule has 5 nitrogen and oxygen atoms in total. The van der Waals surface area contributed by atoms with E-state index in [0.29, 0.717) is 0 Å². The standard InChI is InChI=1S/C8H20N4O/c1-7(8(9)11-13)10-5-4-6-12(2)3/h7,10,13H,4-6H2,1-3H3,(H2,9,11). The largest absolute Gasteiger partial charge is 0.409 e. The Labute approximate surface area is 79.6 Å². The van der Waals surface area contributed by atoms with Gasteiger partial charge >= 0.3 is 0 Å². The number of hydrogen-bond donors (Lipinski definition) is 3. The van der Waals surface area contributed by atoms with Gasteiger partial charge in [-0.1, -0.05) is 5.16 Å². The van der Waals surface area contributed by atoms with Crippen LogP contribution in [0.2, 0.25) is 0 Å². The summed E-state index contributed by atoms with van der Waals surface area (Å²) in [7, 11) is 4.07. The van der Waals surface area contributed by atoms with Crippen molar-refractivity contribution in [2.24, 2.45) is 10.9 Å². The first kappa shape index (κ1) is 12.2. The molecule has 0 bridgehead atoms. The lowest BCUT2D eigenvalue weighted by Crippen LogP contribution is -2.39. The summed E-state index contributed by atoms with van der Waals surface area (Å²) in [6, 6.07) is -0.0628. The van der Waals surface area contributed by atoms with Crippen molar-refractivity contribution in [3.8, 4) is 0 Å². The molecule has 0 saturated carbocycles. The van der Waals surface area contributed by atoms with Gasteiger partial charge in [0, 0.05) is 0 Å². The number of nitrogens with zero attached hydrogens (tertiary/aromatic N) is 2. The quantitative estimate of drug-likeness (QED) is 0.175. The third-order valence-corrected chi connectivity index (χ3v) is 1.79. The first-order valence-corrected chi connectivity index (χ1v) is 4.43. The molecule has 4 N–H and O–H groups in total. The molecule has 0 aliphatic rings. The van der Waals surface area contributed by atoms with Crippen LogP contribution < -0.4 is 11.1 Å². The molecular formula is C8H20N4O. The van der Waals surface area contributed by atoms with Gasteiger partial charge < -0.3 is 21.2 Å². The van der Waals surface area contributed by atoms with Crippen molar-refractivity contribution in [2.45, 2.75) is 19.4 Å². The van der Waals surface area contributed by atoms with E-state index in [1.165, 1.54) is 0 Å². The molecule has 5 heteroatoms. The van der Waals surface area contributed by atoms with Gasteiger partial charge in [-0.25, -0.2) is 0 Å². The van der Waals surface area contributed by atoms with Gasteiger partial charge in [0.15, 0.2) is 5.84 Å². The maximum Gasteiger partial charge on any atom is 0.156 e. The Morgan fingerprint density at radius 1 is 1.62 bits per heavy atom. The van der Waals surface area contributed by atoms with E-state index >= 15 is 0 Å². The summed E-state index contributed by atoms with van der Waals surface area (Å²) in [5, 5.41) is 14.4. The molecule has 0 spiro atoms. The molecular weight excluding hydrogens is 168 g/mol. The molecule has 13 heavy (non-hydrogen) atoms. The monoisotopic (exact) mass is 188 g/mol. The zero-order valence-electron chi connectivity index (χ0n) is 8.62. The van der Waals surface area contributed by atoms with Gasteiger partial charge in [-0.15, -0.1) is 0 Å². The highest BCUT2D eigenvalue weighted by Gasteiger charge is 2.04. The minimum atomic E-state index is -0.0628. The zero-order chi connectivity index (χ0) is 10.3. The van der Waals surface area contributed by atoms with Crippen molar-refractivity contribution in [3.63, 3.8) is 0 Å². The van der Waals surface area contributed by atoms with E-state index in [1.54, 1.807) is 0 Å². The van der Waals surface area contributed by atoms with Gasteiger partial charge in [0.1, 0.15) is 0 Å². The second-order valence-corrected chi connectivity index (χ2v) is 3.36. The summed E-state index contributed by atoms with van der Waals surface area (Å²) >= 11 is 0. The average Bonchev–Trinajstić information content (AvgIpc) is 2.10. The number of nitrogens with one attached hydrogen (secondary N) is 1. The van der Waals surface area contributed by atoms with Crippen molar-refractivity contribution < 1.29 is 5.21 Å². The summed E-state index contributed by atoms with van der Waals surface area (Å²) in [4.78, 5) is 2.12. The fourth-order valence-electron chi connectivity index (χ4n) is 0.905. The van der Waals surface area contributed by atoms with Crippen LogP contribution in [0.1, 0.15) is 13.3 Å². The highest BCUT2D eigenvalue weighted by Crippen LogP contribution is 1.85. The van der Waals surface area contributed by atoms with E-state index < -0.39 is 0 Å². The topological polar surface area (TPSA) is 73.9 Å². The van der Waals surface area contributed by atoms with Crippen LogP contribution in [0.3, 0.4) is 0 Å². The van der Waals surface area contributed by atoms with Crippen molar-refractivity contribution in [1.29, 1.82) is 0 Å². The van der Waals surface area contributed by atoms with E-state index in [9.17, 15) is 0 Å². The Morgan fingerprint density at radius 3 is 2.69 bits per heavy atom. The Bertz CT molecular complexity index is 158. The third-order valence-electron chi connectivity index (χ3n) is 1.79. The number of oxime groups is 1. The lowest BCUT2D eigenvalue weighted by molar-refractivity contribution is 0.314. The van der Waals surface area contributed by atoms with Crippen molar-refractivity contribution in [3.05, 3.63) is 0 Å². The van der Waals surface area contributed by atoms with Gasteiger partial charge in [-0.2, -0.15) is 0 Å². The van der Waals surface area contributed by atoms with E-state index in [2.05, 4.69) is 15.4 Å². The molecule has 0 heterocycles. The Hall–Kier alpha value is -0.810. The first-order chi connectivity index (χ1) is 6.07. The van der Waals surface area contributed by atoms with Crippen molar-refractivity contribution in [1.82, 2.24) is 10.2 Å². The molecule has 0 saturated heterocycles. The predicted octanol–water partition coefficient (Wildman–Crippen LogP) is -0.337. The average molecular weight is 188 g/mol. The van der Waals surface area contributed by atoms with Crippen LogP contribution in [0.4, 0.5) is 0 Å². The molecule has 0 amide bonds. The molecule has 78 valence electrons.